The second kappa shape index (κ2) is 4.82. The number of carboxylic acids is 1. The molecule has 1 aromatic carbocycles. The molecule has 1 N–H and O–H groups in total. The van der Waals surface area contributed by atoms with Crippen molar-refractivity contribution in [3.05, 3.63) is 39.9 Å². The zero-order valence-corrected chi connectivity index (χ0v) is 10.6. The molecule has 0 spiro atoms. The first kappa shape index (κ1) is 13.8. The van der Waals surface area contributed by atoms with Gasteiger partial charge < -0.3 is 5.11 Å². The highest BCUT2D eigenvalue weighted by Gasteiger charge is 2.31. The van der Waals surface area contributed by atoms with Crippen LogP contribution in [-0.2, 0) is 6.18 Å². The van der Waals surface area contributed by atoms with Crippen LogP contribution in [0, 0.1) is 0 Å². The number of rotatable bonds is 2. The highest BCUT2D eigenvalue weighted by Crippen LogP contribution is 2.37. The van der Waals surface area contributed by atoms with Crippen molar-refractivity contribution in [3.8, 4) is 10.6 Å². The van der Waals surface area contributed by atoms with Gasteiger partial charge in [-0.3, -0.25) is 0 Å². The number of hydrogen-bond acceptors (Lipinski definition) is 3. The molecule has 2 aromatic rings. The minimum Gasteiger partial charge on any atom is -0.477 e. The highest BCUT2D eigenvalue weighted by atomic mass is 35.5. The molecule has 1 heterocycles. The molecule has 0 saturated heterocycles. The fourth-order valence-corrected chi connectivity index (χ4v) is 2.41. The third-order valence-corrected chi connectivity index (χ3v) is 3.59. The highest BCUT2D eigenvalue weighted by molar-refractivity contribution is 7.16. The maximum Gasteiger partial charge on any atom is 0.416 e. The molecule has 8 heteroatoms. The first-order chi connectivity index (χ1) is 8.79. The lowest BCUT2D eigenvalue weighted by molar-refractivity contribution is -0.137. The molecular formula is C11H5ClF3NO2S. The number of hydrogen-bond donors (Lipinski definition) is 1. The Morgan fingerprint density at radius 3 is 2.58 bits per heavy atom. The minimum atomic E-state index is -4.49. The Kier molecular flexibility index (Phi) is 3.51. The maximum atomic E-state index is 12.6. The predicted molar refractivity (Wildman–Crippen MR) is 64.5 cm³/mol. The summed E-state index contributed by atoms with van der Waals surface area (Å²) in [7, 11) is 0. The SMILES string of the molecule is O=C(O)c1cnc(-c2cc(C(F)(F)F)ccc2Cl)s1. The molecule has 0 saturated carbocycles. The summed E-state index contributed by atoms with van der Waals surface area (Å²) in [6, 6.07) is 2.83. The second-order valence-corrected chi connectivity index (χ2v) is 4.97. The lowest BCUT2D eigenvalue weighted by Crippen LogP contribution is -2.04. The smallest absolute Gasteiger partial charge is 0.416 e. The van der Waals surface area contributed by atoms with E-state index < -0.39 is 17.7 Å². The zero-order chi connectivity index (χ0) is 14.2. The van der Waals surface area contributed by atoms with Crippen molar-refractivity contribution in [1.82, 2.24) is 4.98 Å². The molecule has 0 atom stereocenters. The Balaban J connectivity index is 2.51. The van der Waals surface area contributed by atoms with E-state index in [2.05, 4.69) is 4.98 Å². The Bertz CT molecular complexity index is 639. The first-order valence-electron chi connectivity index (χ1n) is 4.85. The van der Waals surface area contributed by atoms with E-state index >= 15 is 0 Å². The molecule has 3 nitrogen and oxygen atoms in total. The van der Waals surface area contributed by atoms with Gasteiger partial charge >= 0.3 is 12.1 Å². The van der Waals surface area contributed by atoms with Crippen molar-refractivity contribution in [1.29, 1.82) is 0 Å². The van der Waals surface area contributed by atoms with E-state index in [4.69, 9.17) is 16.7 Å². The lowest BCUT2D eigenvalue weighted by Gasteiger charge is -2.08. The molecule has 0 aliphatic heterocycles. The van der Waals surface area contributed by atoms with E-state index in [9.17, 15) is 18.0 Å². The van der Waals surface area contributed by atoms with Gasteiger partial charge in [0.1, 0.15) is 9.88 Å². The third kappa shape index (κ3) is 2.87. The summed E-state index contributed by atoms with van der Waals surface area (Å²) < 4.78 is 37.8. The van der Waals surface area contributed by atoms with Crippen LogP contribution in [0.15, 0.2) is 24.4 Å². The van der Waals surface area contributed by atoms with Crippen LogP contribution in [-0.4, -0.2) is 16.1 Å². The molecular weight excluding hydrogens is 303 g/mol. The van der Waals surface area contributed by atoms with Crippen LogP contribution >= 0.6 is 22.9 Å². The van der Waals surface area contributed by atoms with Gasteiger partial charge in [0.25, 0.3) is 0 Å². The van der Waals surface area contributed by atoms with Crippen LogP contribution in [0.3, 0.4) is 0 Å². The van der Waals surface area contributed by atoms with Crippen LogP contribution < -0.4 is 0 Å². The van der Waals surface area contributed by atoms with Gasteiger partial charge in [-0.1, -0.05) is 11.6 Å². The van der Waals surface area contributed by atoms with E-state index in [0.717, 1.165) is 35.7 Å². The fraction of sp³-hybridized carbons (Fsp3) is 0.0909. The summed E-state index contributed by atoms with van der Waals surface area (Å²) >= 11 is 6.59. The van der Waals surface area contributed by atoms with Crippen LogP contribution in [0.5, 0.6) is 0 Å². The quantitative estimate of drug-likeness (QED) is 0.905. The molecule has 1 aromatic heterocycles. The number of halogens is 4. The summed E-state index contributed by atoms with van der Waals surface area (Å²) in [5, 5.41) is 8.97. The van der Waals surface area contributed by atoms with Crippen molar-refractivity contribution in [2.45, 2.75) is 6.18 Å². The van der Waals surface area contributed by atoms with Crippen LogP contribution in [0.4, 0.5) is 13.2 Å². The molecule has 19 heavy (non-hydrogen) atoms. The number of thiazole rings is 1. The second-order valence-electron chi connectivity index (χ2n) is 3.53. The van der Waals surface area contributed by atoms with Gasteiger partial charge in [-0.25, -0.2) is 9.78 Å². The molecule has 0 bridgehead atoms. The van der Waals surface area contributed by atoms with Crippen molar-refractivity contribution in [2.75, 3.05) is 0 Å². The third-order valence-electron chi connectivity index (χ3n) is 2.24. The Morgan fingerprint density at radius 2 is 2.05 bits per heavy atom. The summed E-state index contributed by atoms with van der Waals surface area (Å²) in [5.41, 5.74) is -0.798. The van der Waals surface area contributed by atoms with Gasteiger partial charge in [0.2, 0.25) is 0 Å². The minimum absolute atomic E-state index is 0.0639. The van der Waals surface area contributed by atoms with Crippen molar-refractivity contribution >= 4 is 28.9 Å². The molecule has 100 valence electrons. The van der Waals surface area contributed by atoms with Gasteiger partial charge in [-0.05, 0) is 18.2 Å². The van der Waals surface area contributed by atoms with Crippen molar-refractivity contribution in [3.63, 3.8) is 0 Å². The van der Waals surface area contributed by atoms with E-state index in [0.29, 0.717) is 0 Å². The molecule has 0 amide bonds. The molecule has 2 rings (SSSR count). The number of nitrogens with zero attached hydrogens (tertiary/aromatic N) is 1. The van der Waals surface area contributed by atoms with Gasteiger partial charge in [0.05, 0.1) is 16.8 Å². The van der Waals surface area contributed by atoms with E-state index in [1.807, 2.05) is 0 Å². The molecule has 0 unspecified atom stereocenters. The Morgan fingerprint density at radius 1 is 1.37 bits per heavy atom. The van der Waals surface area contributed by atoms with E-state index in [1.165, 1.54) is 0 Å². The molecule has 0 aliphatic carbocycles. The lowest BCUT2D eigenvalue weighted by atomic mass is 10.1. The summed E-state index contributed by atoms with van der Waals surface area (Å²) in [6.07, 6.45) is -3.41. The monoisotopic (exact) mass is 307 g/mol. The first-order valence-corrected chi connectivity index (χ1v) is 6.04. The Labute approximate surface area is 114 Å². The van der Waals surface area contributed by atoms with Crippen molar-refractivity contribution < 1.29 is 23.1 Å². The summed E-state index contributed by atoms with van der Waals surface area (Å²) in [5.74, 6) is -1.19. The number of aromatic carboxylic acids is 1. The van der Waals surface area contributed by atoms with Gasteiger partial charge in [0.15, 0.2) is 0 Å². The normalized spacial score (nSPS) is 11.6. The van der Waals surface area contributed by atoms with Crippen LogP contribution in [0.2, 0.25) is 5.02 Å². The largest absolute Gasteiger partial charge is 0.477 e. The predicted octanol–water partition coefficient (Wildman–Crippen LogP) is 4.18. The topological polar surface area (TPSA) is 50.2 Å². The van der Waals surface area contributed by atoms with Crippen molar-refractivity contribution in [2.24, 2.45) is 0 Å². The van der Waals surface area contributed by atoms with Gasteiger partial charge in [0, 0.05) is 5.56 Å². The van der Waals surface area contributed by atoms with E-state index in [-0.39, 0.29) is 20.5 Å². The standard InChI is InChI=1S/C11H5ClF3NO2S/c12-7-2-1-5(11(13,14)15)3-6(7)9-16-4-8(19-9)10(17)18/h1-4H,(H,17,18). The number of aromatic nitrogens is 1. The number of carboxylic acid groups (broad SMARTS) is 1. The van der Waals surface area contributed by atoms with Crippen LogP contribution in [0.1, 0.15) is 15.2 Å². The zero-order valence-electron chi connectivity index (χ0n) is 9.03. The molecule has 0 radical (unpaired) electrons. The van der Waals surface area contributed by atoms with Gasteiger partial charge in [-0.2, -0.15) is 13.2 Å². The summed E-state index contributed by atoms with van der Waals surface area (Å²) in [4.78, 5) is 14.4. The fourth-order valence-electron chi connectivity index (χ4n) is 1.36. The molecule has 0 aliphatic rings. The molecule has 0 fully saturated rings. The number of carbonyl (C=O) groups is 1. The summed E-state index contributed by atoms with van der Waals surface area (Å²) in [6.45, 7) is 0. The average molecular weight is 308 g/mol. The van der Waals surface area contributed by atoms with Crippen LogP contribution in [0.25, 0.3) is 10.6 Å². The van der Waals surface area contributed by atoms with E-state index in [1.54, 1.807) is 0 Å². The Hall–Kier alpha value is -1.60. The van der Waals surface area contributed by atoms with Gasteiger partial charge in [-0.15, -0.1) is 11.3 Å². The number of benzene rings is 1. The maximum absolute atomic E-state index is 12.6. The number of alkyl halides is 3. The average Bonchev–Trinajstić information content (AvgIpc) is 2.77.